The number of carbonyl (C=O) groups is 2. The van der Waals surface area contributed by atoms with Gasteiger partial charge in [0, 0.05) is 23.4 Å². The minimum Gasteiger partial charge on any atom is -0.456 e. The Labute approximate surface area is 147 Å². The lowest BCUT2D eigenvalue weighted by atomic mass is 9.74. The lowest BCUT2D eigenvalue weighted by molar-refractivity contribution is -0.151. The third kappa shape index (κ3) is 2.19. The fourth-order valence-corrected chi connectivity index (χ4v) is 4.45. The third-order valence-corrected chi connectivity index (χ3v) is 6.46. The molecule has 0 radical (unpaired) electrons. The number of rotatable bonds is 2. The fraction of sp³-hybridized carbons (Fsp3) is 0.579. The van der Waals surface area contributed by atoms with Crippen LogP contribution in [0.25, 0.3) is 0 Å². The number of ether oxygens (including phenoxy) is 1. The van der Waals surface area contributed by atoms with Crippen LogP contribution in [0.5, 0.6) is 0 Å². The standard InChI is InChI=1S/C19H22ClNO3/c1-17(2)11-15(22)24-19(17)9-10-21(12-19)16(23)18(7-8-18)13-3-5-14(20)6-4-13/h3-6H,7-12H2,1-2H3. The van der Waals surface area contributed by atoms with E-state index in [9.17, 15) is 9.59 Å². The van der Waals surface area contributed by atoms with Gasteiger partial charge in [-0.25, -0.2) is 0 Å². The Kier molecular flexibility index (Phi) is 3.31. The zero-order chi connectivity index (χ0) is 17.2. The molecule has 2 heterocycles. The summed E-state index contributed by atoms with van der Waals surface area (Å²) in [7, 11) is 0. The largest absolute Gasteiger partial charge is 0.456 e. The van der Waals surface area contributed by atoms with Gasteiger partial charge in [-0.15, -0.1) is 0 Å². The number of amides is 1. The van der Waals surface area contributed by atoms with Crippen LogP contribution in [0.1, 0.15) is 45.1 Å². The summed E-state index contributed by atoms with van der Waals surface area (Å²) < 4.78 is 5.71. The molecule has 5 heteroatoms. The van der Waals surface area contributed by atoms with Crippen molar-refractivity contribution in [1.29, 1.82) is 0 Å². The Bertz CT molecular complexity index is 708. The van der Waals surface area contributed by atoms with Crippen LogP contribution in [0.4, 0.5) is 0 Å². The van der Waals surface area contributed by atoms with Crippen LogP contribution >= 0.6 is 11.6 Å². The summed E-state index contributed by atoms with van der Waals surface area (Å²) in [6.45, 7) is 5.31. The van der Waals surface area contributed by atoms with Gasteiger partial charge < -0.3 is 9.64 Å². The highest BCUT2D eigenvalue weighted by Crippen LogP contribution is 2.53. The number of halogens is 1. The van der Waals surface area contributed by atoms with Crippen molar-refractivity contribution >= 4 is 23.5 Å². The Morgan fingerprint density at radius 1 is 1.17 bits per heavy atom. The van der Waals surface area contributed by atoms with E-state index in [2.05, 4.69) is 13.8 Å². The summed E-state index contributed by atoms with van der Waals surface area (Å²) in [6.07, 6.45) is 2.91. The van der Waals surface area contributed by atoms with E-state index in [1.54, 1.807) is 0 Å². The molecular formula is C19H22ClNO3. The summed E-state index contributed by atoms with van der Waals surface area (Å²) in [5.74, 6) is 0.0218. The third-order valence-electron chi connectivity index (χ3n) is 6.20. The minimum atomic E-state index is -0.518. The predicted octanol–water partition coefficient (Wildman–Crippen LogP) is 3.32. The number of hydrogen-bond acceptors (Lipinski definition) is 3. The molecule has 0 aromatic heterocycles. The molecule has 0 N–H and O–H groups in total. The summed E-state index contributed by atoms with van der Waals surface area (Å²) in [6, 6.07) is 7.60. The molecule has 1 spiro atoms. The second-order valence-electron chi connectivity index (χ2n) is 8.09. The first-order valence-corrected chi connectivity index (χ1v) is 8.93. The molecule has 3 fully saturated rings. The van der Waals surface area contributed by atoms with E-state index >= 15 is 0 Å². The summed E-state index contributed by atoms with van der Waals surface area (Å²) >= 11 is 5.97. The van der Waals surface area contributed by atoms with Crippen molar-refractivity contribution in [3.8, 4) is 0 Å². The second-order valence-corrected chi connectivity index (χ2v) is 8.53. The first-order chi connectivity index (χ1) is 11.3. The molecule has 4 nitrogen and oxygen atoms in total. The Balaban J connectivity index is 1.56. The molecule has 0 bridgehead atoms. The van der Waals surface area contributed by atoms with Gasteiger partial charge in [0.05, 0.1) is 18.4 Å². The SMILES string of the molecule is CC1(C)CC(=O)OC12CCN(C(=O)C1(c3ccc(Cl)cc3)CC1)C2. The van der Waals surface area contributed by atoms with E-state index in [4.69, 9.17) is 16.3 Å². The van der Waals surface area contributed by atoms with Gasteiger partial charge in [0.2, 0.25) is 5.91 Å². The predicted molar refractivity (Wildman–Crippen MR) is 90.8 cm³/mol. The smallest absolute Gasteiger partial charge is 0.307 e. The molecule has 1 saturated carbocycles. The molecule has 2 saturated heterocycles. The molecule has 2 aliphatic heterocycles. The maximum absolute atomic E-state index is 13.2. The average Bonchev–Trinajstić information content (AvgIpc) is 3.15. The van der Waals surface area contributed by atoms with Crippen molar-refractivity contribution in [3.05, 3.63) is 34.9 Å². The van der Waals surface area contributed by atoms with Crippen molar-refractivity contribution in [1.82, 2.24) is 4.90 Å². The highest BCUT2D eigenvalue weighted by molar-refractivity contribution is 6.30. The fourth-order valence-electron chi connectivity index (χ4n) is 4.33. The Morgan fingerprint density at radius 3 is 2.38 bits per heavy atom. The highest BCUT2D eigenvalue weighted by Gasteiger charge is 2.61. The summed E-state index contributed by atoms with van der Waals surface area (Å²) in [4.78, 5) is 26.9. The van der Waals surface area contributed by atoms with Crippen LogP contribution in [-0.4, -0.2) is 35.5 Å². The van der Waals surface area contributed by atoms with Gasteiger partial charge >= 0.3 is 5.97 Å². The van der Waals surface area contributed by atoms with Crippen molar-refractivity contribution in [2.45, 2.75) is 50.5 Å². The zero-order valence-corrected chi connectivity index (χ0v) is 14.9. The van der Waals surface area contributed by atoms with Gasteiger partial charge in [-0.1, -0.05) is 37.6 Å². The van der Waals surface area contributed by atoms with Crippen molar-refractivity contribution < 1.29 is 14.3 Å². The number of esters is 1. The van der Waals surface area contributed by atoms with Gasteiger partial charge in [-0.3, -0.25) is 9.59 Å². The number of hydrogen-bond donors (Lipinski definition) is 0. The van der Waals surface area contributed by atoms with Gasteiger partial charge in [0.1, 0.15) is 5.60 Å². The highest BCUT2D eigenvalue weighted by atomic mass is 35.5. The number of nitrogens with zero attached hydrogens (tertiary/aromatic N) is 1. The molecular weight excluding hydrogens is 326 g/mol. The first-order valence-electron chi connectivity index (χ1n) is 8.55. The topological polar surface area (TPSA) is 46.6 Å². The molecule has 1 aromatic rings. The van der Waals surface area contributed by atoms with Crippen LogP contribution in [0.2, 0.25) is 5.02 Å². The van der Waals surface area contributed by atoms with E-state index < -0.39 is 11.0 Å². The molecule has 1 unspecified atom stereocenters. The van der Waals surface area contributed by atoms with E-state index in [0.29, 0.717) is 24.5 Å². The van der Waals surface area contributed by atoms with Crippen LogP contribution in [0.15, 0.2) is 24.3 Å². The summed E-state index contributed by atoms with van der Waals surface area (Å²) in [5, 5.41) is 0.682. The molecule has 4 rings (SSSR count). The number of likely N-dealkylation sites (tertiary alicyclic amines) is 1. The number of carbonyl (C=O) groups excluding carboxylic acids is 2. The van der Waals surface area contributed by atoms with Crippen molar-refractivity contribution in [3.63, 3.8) is 0 Å². The van der Waals surface area contributed by atoms with Crippen LogP contribution in [0, 0.1) is 5.41 Å². The van der Waals surface area contributed by atoms with E-state index in [1.165, 1.54) is 0 Å². The van der Waals surface area contributed by atoms with Crippen LogP contribution in [-0.2, 0) is 19.7 Å². The van der Waals surface area contributed by atoms with Gasteiger partial charge in [0.25, 0.3) is 0 Å². The van der Waals surface area contributed by atoms with Gasteiger partial charge in [-0.05, 0) is 30.5 Å². The molecule has 1 aliphatic carbocycles. The Morgan fingerprint density at radius 2 is 1.83 bits per heavy atom. The average molecular weight is 348 g/mol. The zero-order valence-electron chi connectivity index (χ0n) is 14.1. The minimum absolute atomic E-state index is 0.145. The molecule has 3 aliphatic rings. The van der Waals surface area contributed by atoms with Crippen LogP contribution in [0.3, 0.4) is 0 Å². The maximum Gasteiger partial charge on any atom is 0.307 e. The van der Waals surface area contributed by atoms with Crippen molar-refractivity contribution in [2.24, 2.45) is 5.41 Å². The molecule has 1 atom stereocenters. The molecule has 1 amide bonds. The van der Waals surface area contributed by atoms with Crippen molar-refractivity contribution in [2.75, 3.05) is 13.1 Å². The van der Waals surface area contributed by atoms with Gasteiger partial charge in [-0.2, -0.15) is 0 Å². The van der Waals surface area contributed by atoms with E-state index in [0.717, 1.165) is 24.8 Å². The molecule has 1 aromatic carbocycles. The quantitative estimate of drug-likeness (QED) is 0.771. The first kappa shape index (κ1) is 15.9. The summed E-state index contributed by atoms with van der Waals surface area (Å²) in [5.41, 5.74) is -0.102. The lowest BCUT2D eigenvalue weighted by Gasteiger charge is -2.35. The molecule has 24 heavy (non-hydrogen) atoms. The second kappa shape index (κ2) is 4.98. The van der Waals surface area contributed by atoms with Crippen LogP contribution < -0.4 is 0 Å². The Hall–Kier alpha value is -1.55. The maximum atomic E-state index is 13.2. The lowest BCUT2D eigenvalue weighted by Crippen LogP contribution is -2.46. The van der Waals surface area contributed by atoms with E-state index in [-0.39, 0.29) is 17.3 Å². The molecule has 128 valence electrons. The number of benzene rings is 1. The van der Waals surface area contributed by atoms with Gasteiger partial charge in [0.15, 0.2) is 0 Å². The van der Waals surface area contributed by atoms with E-state index in [1.807, 2.05) is 29.2 Å². The normalized spacial score (nSPS) is 29.8. The monoisotopic (exact) mass is 347 g/mol.